The Morgan fingerprint density at radius 1 is 1.22 bits per heavy atom. The molecule has 3 heterocycles. The number of pyridine rings is 1. The fourth-order valence-electron chi connectivity index (χ4n) is 2.40. The molecular weight excluding hydrogens is 315 g/mol. The number of aromatic nitrogens is 3. The third-order valence-electron chi connectivity index (χ3n) is 3.52. The highest BCUT2D eigenvalue weighted by molar-refractivity contribution is 7.20. The van der Waals surface area contributed by atoms with Crippen LogP contribution in [-0.2, 0) is 6.54 Å². The molecule has 0 fully saturated rings. The highest BCUT2D eigenvalue weighted by atomic mass is 32.1. The summed E-state index contributed by atoms with van der Waals surface area (Å²) in [5.41, 5.74) is 0.723. The standard InChI is InChI=1S/C16H11FN4OS/c17-11-4-3-5-12-10(11)8-13(23-12)16(22)18-9-15-20-19-14-6-1-2-7-21(14)15/h1-8H,9H2,(H,18,22). The molecule has 0 radical (unpaired) electrons. The van der Waals surface area contributed by atoms with Gasteiger partial charge in [0.25, 0.3) is 5.91 Å². The Kier molecular flexibility index (Phi) is 3.27. The molecule has 0 saturated heterocycles. The molecule has 0 aliphatic carbocycles. The lowest BCUT2D eigenvalue weighted by Crippen LogP contribution is -2.23. The lowest BCUT2D eigenvalue weighted by molar-refractivity contribution is 0.0954. The molecule has 4 aromatic rings. The van der Waals surface area contributed by atoms with Gasteiger partial charge in [0.2, 0.25) is 0 Å². The molecule has 0 unspecified atom stereocenters. The molecule has 5 nitrogen and oxygen atoms in total. The minimum Gasteiger partial charge on any atom is -0.344 e. The van der Waals surface area contributed by atoms with E-state index < -0.39 is 0 Å². The lowest BCUT2D eigenvalue weighted by Gasteiger charge is -2.02. The van der Waals surface area contributed by atoms with Gasteiger partial charge in [-0.2, -0.15) is 0 Å². The summed E-state index contributed by atoms with van der Waals surface area (Å²) >= 11 is 1.27. The summed E-state index contributed by atoms with van der Waals surface area (Å²) < 4.78 is 16.3. The molecule has 1 amide bonds. The van der Waals surface area contributed by atoms with Gasteiger partial charge < -0.3 is 5.32 Å². The number of amides is 1. The maximum Gasteiger partial charge on any atom is 0.261 e. The summed E-state index contributed by atoms with van der Waals surface area (Å²) in [7, 11) is 0. The Balaban J connectivity index is 1.56. The van der Waals surface area contributed by atoms with E-state index in [9.17, 15) is 9.18 Å². The van der Waals surface area contributed by atoms with Crippen molar-refractivity contribution in [3.05, 3.63) is 65.2 Å². The average molecular weight is 326 g/mol. The van der Waals surface area contributed by atoms with Gasteiger partial charge in [0, 0.05) is 16.3 Å². The molecule has 0 saturated carbocycles. The molecule has 0 atom stereocenters. The van der Waals surface area contributed by atoms with Crippen LogP contribution in [0.2, 0.25) is 0 Å². The van der Waals surface area contributed by atoms with E-state index in [1.165, 1.54) is 17.4 Å². The Morgan fingerprint density at radius 3 is 3.00 bits per heavy atom. The van der Waals surface area contributed by atoms with Crippen LogP contribution in [0.15, 0.2) is 48.7 Å². The van der Waals surface area contributed by atoms with E-state index in [4.69, 9.17) is 0 Å². The minimum absolute atomic E-state index is 0.251. The number of nitrogens with zero attached hydrogens (tertiary/aromatic N) is 3. The normalized spacial score (nSPS) is 11.2. The summed E-state index contributed by atoms with van der Waals surface area (Å²) in [6.07, 6.45) is 1.84. The van der Waals surface area contributed by atoms with Crippen molar-refractivity contribution in [2.45, 2.75) is 6.54 Å². The summed E-state index contributed by atoms with van der Waals surface area (Å²) in [6, 6.07) is 12.0. The molecule has 0 bridgehead atoms. The Morgan fingerprint density at radius 2 is 2.13 bits per heavy atom. The van der Waals surface area contributed by atoms with Crippen LogP contribution in [0.3, 0.4) is 0 Å². The molecule has 4 rings (SSSR count). The predicted molar refractivity (Wildman–Crippen MR) is 85.9 cm³/mol. The second-order valence-electron chi connectivity index (χ2n) is 4.99. The predicted octanol–water partition coefficient (Wildman–Crippen LogP) is 3.01. The molecule has 114 valence electrons. The number of thiophene rings is 1. The summed E-state index contributed by atoms with van der Waals surface area (Å²) in [6.45, 7) is 0.251. The first-order valence-electron chi connectivity index (χ1n) is 6.97. The first-order valence-corrected chi connectivity index (χ1v) is 7.79. The quantitative estimate of drug-likeness (QED) is 0.629. The fraction of sp³-hybridized carbons (Fsp3) is 0.0625. The van der Waals surface area contributed by atoms with Crippen LogP contribution in [-0.4, -0.2) is 20.5 Å². The molecule has 0 aliphatic heterocycles. The van der Waals surface area contributed by atoms with E-state index in [0.717, 1.165) is 10.3 Å². The van der Waals surface area contributed by atoms with Gasteiger partial charge in [0.1, 0.15) is 5.82 Å². The highest BCUT2D eigenvalue weighted by Crippen LogP contribution is 2.27. The van der Waals surface area contributed by atoms with E-state index in [2.05, 4.69) is 15.5 Å². The smallest absolute Gasteiger partial charge is 0.261 e. The second-order valence-corrected chi connectivity index (χ2v) is 6.07. The van der Waals surface area contributed by atoms with E-state index in [-0.39, 0.29) is 18.3 Å². The van der Waals surface area contributed by atoms with Crippen LogP contribution in [0.4, 0.5) is 4.39 Å². The second kappa shape index (κ2) is 5.44. The number of fused-ring (bicyclic) bond motifs is 2. The zero-order valence-corrected chi connectivity index (χ0v) is 12.7. The summed E-state index contributed by atoms with van der Waals surface area (Å²) in [5.74, 6) is 0.0702. The van der Waals surface area contributed by atoms with Gasteiger partial charge in [-0.05, 0) is 30.3 Å². The monoisotopic (exact) mass is 326 g/mol. The van der Waals surface area contributed by atoms with E-state index >= 15 is 0 Å². The molecule has 0 spiro atoms. The van der Waals surface area contributed by atoms with Crippen molar-refractivity contribution in [1.29, 1.82) is 0 Å². The van der Waals surface area contributed by atoms with Crippen LogP contribution in [0, 0.1) is 5.82 Å². The number of halogens is 1. The van der Waals surface area contributed by atoms with Crippen molar-refractivity contribution in [1.82, 2.24) is 19.9 Å². The van der Waals surface area contributed by atoms with Gasteiger partial charge in [0.05, 0.1) is 11.4 Å². The van der Waals surface area contributed by atoms with Gasteiger partial charge in [-0.1, -0.05) is 12.1 Å². The Bertz CT molecular complexity index is 1020. The van der Waals surface area contributed by atoms with Crippen LogP contribution < -0.4 is 5.32 Å². The molecule has 3 aromatic heterocycles. The number of rotatable bonds is 3. The number of nitrogens with one attached hydrogen (secondary N) is 1. The van der Waals surface area contributed by atoms with E-state index in [0.29, 0.717) is 16.1 Å². The van der Waals surface area contributed by atoms with Crippen LogP contribution in [0.5, 0.6) is 0 Å². The molecule has 1 aromatic carbocycles. The first-order chi connectivity index (χ1) is 11.2. The zero-order valence-electron chi connectivity index (χ0n) is 11.9. The fourth-order valence-corrected chi connectivity index (χ4v) is 3.39. The van der Waals surface area contributed by atoms with Gasteiger partial charge in [0.15, 0.2) is 11.5 Å². The Labute approximate surface area is 134 Å². The summed E-state index contributed by atoms with van der Waals surface area (Å²) in [4.78, 5) is 12.7. The van der Waals surface area contributed by atoms with Crippen LogP contribution >= 0.6 is 11.3 Å². The number of carbonyl (C=O) groups is 1. The van der Waals surface area contributed by atoms with Crippen molar-refractivity contribution in [2.75, 3.05) is 0 Å². The van der Waals surface area contributed by atoms with Crippen LogP contribution in [0.25, 0.3) is 15.7 Å². The molecule has 1 N–H and O–H groups in total. The number of hydrogen-bond donors (Lipinski definition) is 1. The highest BCUT2D eigenvalue weighted by Gasteiger charge is 2.13. The topological polar surface area (TPSA) is 59.3 Å². The third kappa shape index (κ3) is 2.44. The average Bonchev–Trinajstić information content (AvgIpc) is 3.17. The number of carbonyl (C=O) groups excluding carboxylic acids is 1. The SMILES string of the molecule is O=C(NCc1nnc2ccccn12)c1cc2c(F)cccc2s1. The summed E-state index contributed by atoms with van der Waals surface area (Å²) in [5, 5.41) is 11.4. The molecule has 23 heavy (non-hydrogen) atoms. The molecular formula is C16H11FN4OS. The van der Waals surface area contributed by atoms with Crippen molar-refractivity contribution < 1.29 is 9.18 Å². The van der Waals surface area contributed by atoms with Crippen molar-refractivity contribution in [2.24, 2.45) is 0 Å². The van der Waals surface area contributed by atoms with E-state index in [1.807, 2.05) is 28.8 Å². The van der Waals surface area contributed by atoms with Gasteiger partial charge in [-0.3, -0.25) is 9.20 Å². The number of hydrogen-bond acceptors (Lipinski definition) is 4. The maximum atomic E-state index is 13.7. The van der Waals surface area contributed by atoms with Gasteiger partial charge in [-0.25, -0.2) is 4.39 Å². The number of benzene rings is 1. The van der Waals surface area contributed by atoms with Gasteiger partial charge in [-0.15, -0.1) is 21.5 Å². The van der Waals surface area contributed by atoms with Crippen LogP contribution in [0.1, 0.15) is 15.5 Å². The Hall–Kier alpha value is -2.80. The lowest BCUT2D eigenvalue weighted by atomic mass is 10.2. The van der Waals surface area contributed by atoms with Crippen molar-refractivity contribution in [3.8, 4) is 0 Å². The minimum atomic E-state index is -0.318. The molecule has 7 heteroatoms. The van der Waals surface area contributed by atoms with E-state index in [1.54, 1.807) is 18.2 Å². The largest absolute Gasteiger partial charge is 0.344 e. The van der Waals surface area contributed by atoms with Gasteiger partial charge >= 0.3 is 0 Å². The first kappa shape index (κ1) is 13.8. The van der Waals surface area contributed by atoms with Crippen molar-refractivity contribution >= 4 is 33.0 Å². The van der Waals surface area contributed by atoms with Crippen molar-refractivity contribution in [3.63, 3.8) is 0 Å². The molecule has 0 aliphatic rings. The zero-order chi connectivity index (χ0) is 15.8. The maximum absolute atomic E-state index is 13.7. The third-order valence-corrected chi connectivity index (χ3v) is 4.62.